The second-order valence-corrected chi connectivity index (χ2v) is 3.03. The first kappa shape index (κ1) is 9.95. The number of carbonyl (C=O) groups is 1. The zero-order chi connectivity index (χ0) is 8.91. The van der Waals surface area contributed by atoms with Crippen LogP contribution in [-0.2, 0) is 9.53 Å². The van der Waals surface area contributed by atoms with Crippen LogP contribution in [0.1, 0.15) is 20.3 Å². The number of allylic oxidation sites excluding steroid dienone is 1. The fraction of sp³-hybridized carbons (Fsp3) is 0.444. The zero-order valence-electron chi connectivity index (χ0n) is 7.09. The highest BCUT2D eigenvalue weighted by atomic mass is 16.5. The van der Waals surface area contributed by atoms with Gasteiger partial charge in [-0.3, -0.25) is 4.79 Å². The van der Waals surface area contributed by atoms with E-state index in [2.05, 4.69) is 17.9 Å². The van der Waals surface area contributed by atoms with Crippen LogP contribution < -0.4 is 0 Å². The summed E-state index contributed by atoms with van der Waals surface area (Å²) in [6.45, 7) is 10.7. The van der Waals surface area contributed by atoms with Crippen LogP contribution in [0.4, 0.5) is 0 Å². The molecule has 0 N–H and O–H groups in total. The van der Waals surface area contributed by atoms with Crippen molar-refractivity contribution < 1.29 is 9.53 Å². The van der Waals surface area contributed by atoms with Crippen LogP contribution in [0.3, 0.4) is 0 Å². The van der Waals surface area contributed by atoms with E-state index in [4.69, 9.17) is 0 Å². The summed E-state index contributed by atoms with van der Waals surface area (Å²) >= 11 is 0. The molecule has 0 bridgehead atoms. The van der Waals surface area contributed by atoms with E-state index in [9.17, 15) is 4.79 Å². The smallest absolute Gasteiger partial charge is 0.311 e. The zero-order valence-corrected chi connectivity index (χ0v) is 7.09. The average molecular weight is 154 g/mol. The molecule has 0 aliphatic carbocycles. The lowest BCUT2D eigenvalue weighted by Crippen LogP contribution is -2.14. The molecule has 11 heavy (non-hydrogen) atoms. The molecular weight excluding hydrogens is 140 g/mol. The largest absolute Gasteiger partial charge is 0.435 e. The number of hydrogen-bond acceptors (Lipinski definition) is 2. The van der Waals surface area contributed by atoms with E-state index in [-0.39, 0.29) is 11.4 Å². The molecule has 62 valence electrons. The Morgan fingerprint density at radius 2 is 2.09 bits per heavy atom. The molecule has 0 aromatic carbocycles. The molecule has 0 radical (unpaired) electrons. The van der Waals surface area contributed by atoms with Gasteiger partial charge in [-0.25, -0.2) is 0 Å². The fourth-order valence-corrected chi connectivity index (χ4v) is 0.579. The molecule has 0 fully saturated rings. The molecular formula is C9H14O2. The van der Waals surface area contributed by atoms with Crippen molar-refractivity contribution in [3.8, 4) is 0 Å². The molecule has 0 saturated carbocycles. The van der Waals surface area contributed by atoms with E-state index < -0.39 is 0 Å². The van der Waals surface area contributed by atoms with E-state index in [1.54, 1.807) is 6.08 Å². The van der Waals surface area contributed by atoms with Gasteiger partial charge in [0.2, 0.25) is 0 Å². The maximum atomic E-state index is 10.9. The van der Waals surface area contributed by atoms with Gasteiger partial charge in [-0.2, -0.15) is 0 Å². The van der Waals surface area contributed by atoms with Gasteiger partial charge < -0.3 is 4.74 Å². The molecule has 0 saturated heterocycles. The first-order valence-corrected chi connectivity index (χ1v) is 3.46. The molecule has 0 unspecified atom stereocenters. The van der Waals surface area contributed by atoms with Gasteiger partial charge in [0, 0.05) is 0 Å². The highest BCUT2D eigenvalue weighted by Gasteiger charge is 2.18. The standard InChI is InChI=1S/C9H14O2/c1-5-9(3,4)7-8(10)11-6-2/h5-6H,1-2,7H2,3-4H3. The maximum absolute atomic E-state index is 10.9. The predicted octanol–water partition coefficient (Wildman–Crippen LogP) is 2.28. The molecule has 0 atom stereocenters. The molecule has 0 amide bonds. The van der Waals surface area contributed by atoms with E-state index in [1.807, 2.05) is 13.8 Å². The lowest BCUT2D eigenvalue weighted by molar-refractivity contribution is -0.139. The predicted molar refractivity (Wildman–Crippen MR) is 44.9 cm³/mol. The van der Waals surface area contributed by atoms with Gasteiger partial charge in [-0.05, 0) is 5.41 Å². The molecule has 0 rings (SSSR count). The third-order valence-electron chi connectivity index (χ3n) is 1.37. The van der Waals surface area contributed by atoms with Crippen molar-refractivity contribution in [1.29, 1.82) is 0 Å². The Morgan fingerprint density at radius 3 is 2.45 bits per heavy atom. The van der Waals surface area contributed by atoms with Crippen LogP contribution in [0, 0.1) is 5.41 Å². The normalized spacial score (nSPS) is 10.4. The van der Waals surface area contributed by atoms with E-state index in [1.165, 1.54) is 0 Å². The number of esters is 1. The van der Waals surface area contributed by atoms with Crippen molar-refractivity contribution in [3.63, 3.8) is 0 Å². The highest BCUT2D eigenvalue weighted by Crippen LogP contribution is 2.21. The van der Waals surface area contributed by atoms with Gasteiger partial charge >= 0.3 is 5.97 Å². The maximum Gasteiger partial charge on any atom is 0.311 e. The first-order valence-electron chi connectivity index (χ1n) is 3.46. The molecule has 0 aliphatic heterocycles. The Kier molecular flexibility index (Phi) is 3.58. The second-order valence-electron chi connectivity index (χ2n) is 3.03. The third kappa shape index (κ3) is 4.37. The van der Waals surface area contributed by atoms with Gasteiger partial charge in [0.25, 0.3) is 0 Å². The van der Waals surface area contributed by atoms with Gasteiger partial charge in [0.05, 0.1) is 12.7 Å². The lowest BCUT2D eigenvalue weighted by Gasteiger charge is -2.16. The molecule has 2 heteroatoms. The van der Waals surface area contributed by atoms with Crippen molar-refractivity contribution in [3.05, 3.63) is 25.5 Å². The van der Waals surface area contributed by atoms with Crippen LogP contribution in [0.15, 0.2) is 25.5 Å². The SMILES string of the molecule is C=COC(=O)CC(C)(C)C=C. The Bertz CT molecular complexity index is 168. The van der Waals surface area contributed by atoms with Crippen molar-refractivity contribution >= 4 is 5.97 Å². The van der Waals surface area contributed by atoms with Crippen molar-refractivity contribution in [2.75, 3.05) is 0 Å². The minimum atomic E-state index is -0.273. The monoisotopic (exact) mass is 154 g/mol. The van der Waals surface area contributed by atoms with E-state index >= 15 is 0 Å². The molecule has 0 aliphatic rings. The third-order valence-corrected chi connectivity index (χ3v) is 1.37. The van der Waals surface area contributed by atoms with Crippen LogP contribution in [0.2, 0.25) is 0 Å². The minimum Gasteiger partial charge on any atom is -0.435 e. The Balaban J connectivity index is 3.92. The van der Waals surface area contributed by atoms with Gasteiger partial charge in [0.15, 0.2) is 0 Å². The topological polar surface area (TPSA) is 26.3 Å². The second kappa shape index (κ2) is 3.96. The Morgan fingerprint density at radius 1 is 1.55 bits per heavy atom. The van der Waals surface area contributed by atoms with Crippen LogP contribution in [0.25, 0.3) is 0 Å². The number of carbonyl (C=O) groups excluding carboxylic acids is 1. The van der Waals surface area contributed by atoms with Gasteiger partial charge in [-0.1, -0.05) is 26.5 Å². The molecule has 0 aromatic rings. The molecule has 0 heterocycles. The summed E-state index contributed by atoms with van der Waals surface area (Å²) in [5.74, 6) is -0.273. The summed E-state index contributed by atoms with van der Waals surface area (Å²) in [4.78, 5) is 10.9. The van der Waals surface area contributed by atoms with E-state index in [0.717, 1.165) is 6.26 Å². The number of rotatable bonds is 4. The summed E-state index contributed by atoms with van der Waals surface area (Å²) in [6.07, 6.45) is 3.21. The van der Waals surface area contributed by atoms with E-state index in [0.29, 0.717) is 6.42 Å². The lowest BCUT2D eigenvalue weighted by atomic mass is 9.90. The van der Waals surface area contributed by atoms with Gasteiger partial charge in [0.1, 0.15) is 0 Å². The fourth-order valence-electron chi connectivity index (χ4n) is 0.579. The van der Waals surface area contributed by atoms with Crippen LogP contribution >= 0.6 is 0 Å². The van der Waals surface area contributed by atoms with Crippen LogP contribution in [0.5, 0.6) is 0 Å². The first-order chi connectivity index (χ1) is 5.02. The Hall–Kier alpha value is -1.05. The summed E-state index contributed by atoms with van der Waals surface area (Å²) in [5, 5.41) is 0. The molecule has 2 nitrogen and oxygen atoms in total. The summed E-state index contributed by atoms with van der Waals surface area (Å²) in [5.41, 5.74) is -0.194. The van der Waals surface area contributed by atoms with Crippen molar-refractivity contribution in [1.82, 2.24) is 0 Å². The average Bonchev–Trinajstić information content (AvgIpc) is 1.87. The molecule has 0 aromatic heterocycles. The summed E-state index contributed by atoms with van der Waals surface area (Å²) in [7, 11) is 0. The van der Waals surface area contributed by atoms with Crippen molar-refractivity contribution in [2.24, 2.45) is 5.41 Å². The highest BCUT2D eigenvalue weighted by molar-refractivity contribution is 5.71. The Labute approximate surface area is 67.6 Å². The number of ether oxygens (including phenoxy) is 1. The van der Waals surface area contributed by atoms with Gasteiger partial charge in [-0.15, -0.1) is 6.58 Å². The quantitative estimate of drug-likeness (QED) is 0.353. The van der Waals surface area contributed by atoms with Crippen molar-refractivity contribution in [2.45, 2.75) is 20.3 Å². The van der Waals surface area contributed by atoms with Crippen LogP contribution in [-0.4, -0.2) is 5.97 Å². The summed E-state index contributed by atoms with van der Waals surface area (Å²) in [6, 6.07) is 0. The number of hydrogen-bond donors (Lipinski definition) is 0. The minimum absolute atomic E-state index is 0.194. The molecule has 0 spiro atoms. The summed E-state index contributed by atoms with van der Waals surface area (Å²) < 4.78 is 4.56.